The topological polar surface area (TPSA) is 41.7 Å². The Morgan fingerprint density at radius 2 is 2.00 bits per heavy atom. The molecule has 2 N–H and O–H groups in total. The van der Waals surface area contributed by atoms with Crippen molar-refractivity contribution >= 4 is 11.4 Å². The van der Waals surface area contributed by atoms with Gasteiger partial charge in [-0.1, -0.05) is 0 Å². The van der Waals surface area contributed by atoms with Crippen LogP contribution >= 0.6 is 0 Å². The SMILES string of the molecule is Cc1cc(N)ccc1N1CCC(N2CCOCC2)C1. The molecule has 4 nitrogen and oxygen atoms in total. The van der Waals surface area contributed by atoms with Crippen LogP contribution in [-0.2, 0) is 4.74 Å². The Labute approximate surface area is 115 Å². The second-order valence-corrected chi connectivity index (χ2v) is 5.58. The fourth-order valence-corrected chi connectivity index (χ4v) is 3.23. The van der Waals surface area contributed by atoms with Gasteiger partial charge in [-0.25, -0.2) is 0 Å². The van der Waals surface area contributed by atoms with Crippen molar-refractivity contribution in [3.05, 3.63) is 23.8 Å². The number of anilines is 2. The van der Waals surface area contributed by atoms with E-state index in [4.69, 9.17) is 10.5 Å². The van der Waals surface area contributed by atoms with Gasteiger partial charge in [0.05, 0.1) is 13.2 Å². The van der Waals surface area contributed by atoms with Crippen molar-refractivity contribution in [2.45, 2.75) is 19.4 Å². The first-order valence-electron chi connectivity index (χ1n) is 7.17. The highest BCUT2D eigenvalue weighted by molar-refractivity contribution is 5.59. The monoisotopic (exact) mass is 261 g/mol. The Bertz CT molecular complexity index is 443. The summed E-state index contributed by atoms with van der Waals surface area (Å²) >= 11 is 0. The average Bonchev–Trinajstić information content (AvgIpc) is 2.89. The van der Waals surface area contributed by atoms with Crippen LogP contribution in [0.25, 0.3) is 0 Å². The van der Waals surface area contributed by atoms with Gasteiger partial charge >= 0.3 is 0 Å². The summed E-state index contributed by atoms with van der Waals surface area (Å²) in [4.78, 5) is 5.07. The minimum atomic E-state index is 0.681. The number of ether oxygens (including phenoxy) is 1. The van der Waals surface area contributed by atoms with Crippen molar-refractivity contribution in [3.8, 4) is 0 Å². The number of rotatable bonds is 2. The fourth-order valence-electron chi connectivity index (χ4n) is 3.23. The van der Waals surface area contributed by atoms with Gasteiger partial charge in [0, 0.05) is 43.6 Å². The van der Waals surface area contributed by atoms with Crippen LogP contribution in [0.4, 0.5) is 11.4 Å². The fraction of sp³-hybridized carbons (Fsp3) is 0.600. The van der Waals surface area contributed by atoms with Crippen molar-refractivity contribution in [1.82, 2.24) is 4.90 Å². The molecule has 1 aromatic carbocycles. The van der Waals surface area contributed by atoms with Gasteiger partial charge < -0.3 is 15.4 Å². The van der Waals surface area contributed by atoms with Crippen molar-refractivity contribution in [1.29, 1.82) is 0 Å². The third kappa shape index (κ3) is 2.69. The number of benzene rings is 1. The lowest BCUT2D eigenvalue weighted by atomic mass is 10.1. The average molecular weight is 261 g/mol. The van der Waals surface area contributed by atoms with Gasteiger partial charge in [0.2, 0.25) is 0 Å². The number of nitrogen functional groups attached to an aromatic ring is 1. The van der Waals surface area contributed by atoms with Gasteiger partial charge in [-0.15, -0.1) is 0 Å². The quantitative estimate of drug-likeness (QED) is 0.819. The molecule has 2 fully saturated rings. The lowest BCUT2D eigenvalue weighted by Crippen LogP contribution is -2.44. The summed E-state index contributed by atoms with van der Waals surface area (Å²) in [6, 6.07) is 6.91. The molecule has 104 valence electrons. The predicted molar refractivity (Wildman–Crippen MR) is 78.6 cm³/mol. The molecular weight excluding hydrogens is 238 g/mol. The first kappa shape index (κ1) is 12.8. The Kier molecular flexibility index (Phi) is 3.62. The van der Waals surface area contributed by atoms with Crippen LogP contribution in [-0.4, -0.2) is 50.3 Å². The van der Waals surface area contributed by atoms with Crippen molar-refractivity contribution in [3.63, 3.8) is 0 Å². The Morgan fingerprint density at radius 3 is 2.74 bits per heavy atom. The molecule has 3 rings (SSSR count). The van der Waals surface area contributed by atoms with E-state index in [9.17, 15) is 0 Å². The molecule has 2 aliphatic rings. The molecule has 0 spiro atoms. The maximum Gasteiger partial charge on any atom is 0.0594 e. The molecule has 0 radical (unpaired) electrons. The number of hydrogen-bond acceptors (Lipinski definition) is 4. The smallest absolute Gasteiger partial charge is 0.0594 e. The van der Waals surface area contributed by atoms with Gasteiger partial charge in [-0.3, -0.25) is 4.90 Å². The van der Waals surface area contributed by atoms with Crippen LogP contribution < -0.4 is 10.6 Å². The molecule has 1 aromatic rings. The largest absolute Gasteiger partial charge is 0.399 e. The van der Waals surface area contributed by atoms with E-state index in [2.05, 4.69) is 28.9 Å². The van der Waals surface area contributed by atoms with E-state index < -0.39 is 0 Å². The number of morpholine rings is 1. The molecule has 2 aliphatic heterocycles. The third-order valence-corrected chi connectivity index (χ3v) is 4.29. The van der Waals surface area contributed by atoms with Crippen LogP contribution in [0.1, 0.15) is 12.0 Å². The van der Waals surface area contributed by atoms with E-state index in [1.165, 1.54) is 17.7 Å². The molecule has 19 heavy (non-hydrogen) atoms. The third-order valence-electron chi connectivity index (χ3n) is 4.29. The van der Waals surface area contributed by atoms with E-state index in [0.717, 1.165) is 45.1 Å². The van der Waals surface area contributed by atoms with E-state index in [1.54, 1.807) is 0 Å². The van der Waals surface area contributed by atoms with E-state index >= 15 is 0 Å². The molecule has 0 saturated carbocycles. The molecular formula is C15H23N3O. The molecule has 0 bridgehead atoms. The standard InChI is InChI=1S/C15H23N3O/c1-12-10-13(16)2-3-15(12)18-5-4-14(11-18)17-6-8-19-9-7-17/h2-3,10,14H,4-9,11,16H2,1H3. The van der Waals surface area contributed by atoms with Gasteiger partial charge in [0.15, 0.2) is 0 Å². The zero-order chi connectivity index (χ0) is 13.2. The summed E-state index contributed by atoms with van der Waals surface area (Å²) in [5, 5.41) is 0. The van der Waals surface area contributed by atoms with Crippen molar-refractivity contribution < 1.29 is 4.74 Å². The highest BCUT2D eigenvalue weighted by Gasteiger charge is 2.29. The molecule has 1 unspecified atom stereocenters. The predicted octanol–water partition coefficient (Wildman–Crippen LogP) is 1.49. The maximum atomic E-state index is 5.83. The highest BCUT2D eigenvalue weighted by atomic mass is 16.5. The lowest BCUT2D eigenvalue weighted by Gasteiger charge is -2.32. The molecule has 4 heteroatoms. The van der Waals surface area contributed by atoms with Gasteiger partial charge in [0.25, 0.3) is 0 Å². The first-order chi connectivity index (χ1) is 9.24. The second-order valence-electron chi connectivity index (χ2n) is 5.58. The first-order valence-corrected chi connectivity index (χ1v) is 7.17. The van der Waals surface area contributed by atoms with E-state index in [0.29, 0.717) is 6.04 Å². The number of aryl methyl sites for hydroxylation is 1. The van der Waals surface area contributed by atoms with Crippen LogP contribution in [0.15, 0.2) is 18.2 Å². The van der Waals surface area contributed by atoms with Crippen molar-refractivity contribution in [2.75, 3.05) is 50.0 Å². The zero-order valence-corrected chi connectivity index (χ0v) is 11.6. The van der Waals surface area contributed by atoms with Gasteiger partial charge in [-0.2, -0.15) is 0 Å². The van der Waals surface area contributed by atoms with E-state index in [-0.39, 0.29) is 0 Å². The number of hydrogen-bond donors (Lipinski definition) is 1. The molecule has 0 aliphatic carbocycles. The molecule has 2 saturated heterocycles. The summed E-state index contributed by atoms with van der Waals surface area (Å²) in [6.07, 6.45) is 1.25. The molecule has 2 heterocycles. The molecule has 0 aromatic heterocycles. The highest BCUT2D eigenvalue weighted by Crippen LogP contribution is 2.27. The second kappa shape index (κ2) is 5.39. The zero-order valence-electron chi connectivity index (χ0n) is 11.6. The summed E-state index contributed by atoms with van der Waals surface area (Å²) in [5.41, 5.74) is 9.30. The summed E-state index contributed by atoms with van der Waals surface area (Å²) in [7, 11) is 0. The van der Waals surface area contributed by atoms with Crippen LogP contribution in [0.2, 0.25) is 0 Å². The van der Waals surface area contributed by atoms with E-state index in [1.807, 2.05) is 6.07 Å². The number of nitrogens with zero attached hydrogens (tertiary/aromatic N) is 2. The molecule has 1 atom stereocenters. The summed E-state index contributed by atoms with van der Waals surface area (Å²) < 4.78 is 5.43. The summed E-state index contributed by atoms with van der Waals surface area (Å²) in [6.45, 7) is 8.36. The van der Waals surface area contributed by atoms with Crippen LogP contribution in [0.3, 0.4) is 0 Å². The Hall–Kier alpha value is -1.26. The number of nitrogens with two attached hydrogens (primary N) is 1. The van der Waals surface area contributed by atoms with Gasteiger partial charge in [-0.05, 0) is 37.1 Å². The Balaban J connectivity index is 1.67. The van der Waals surface area contributed by atoms with Crippen LogP contribution in [0, 0.1) is 6.92 Å². The Morgan fingerprint density at radius 1 is 1.21 bits per heavy atom. The minimum absolute atomic E-state index is 0.681. The minimum Gasteiger partial charge on any atom is -0.399 e. The van der Waals surface area contributed by atoms with Gasteiger partial charge in [0.1, 0.15) is 0 Å². The normalized spacial score (nSPS) is 24.9. The lowest BCUT2D eigenvalue weighted by molar-refractivity contribution is 0.0209. The van der Waals surface area contributed by atoms with Crippen molar-refractivity contribution in [2.24, 2.45) is 0 Å². The molecule has 0 amide bonds. The maximum absolute atomic E-state index is 5.83. The summed E-state index contributed by atoms with van der Waals surface area (Å²) in [5.74, 6) is 0. The van der Waals surface area contributed by atoms with Crippen LogP contribution in [0.5, 0.6) is 0 Å².